The minimum Gasteiger partial charge on any atom is -0.493 e. The van der Waals surface area contributed by atoms with Crippen LogP contribution in [0.15, 0.2) is 23.2 Å². The monoisotopic (exact) mass is 502 g/mol. The summed E-state index contributed by atoms with van der Waals surface area (Å²) >= 11 is 0. The lowest BCUT2D eigenvalue weighted by Crippen LogP contribution is -2.40. The molecular weight excluding hydrogens is 463 g/mol. The molecule has 6 heteroatoms. The molecule has 1 aliphatic heterocycles. The highest BCUT2D eigenvalue weighted by molar-refractivity contribution is 14.0. The van der Waals surface area contributed by atoms with Gasteiger partial charge in [-0.25, -0.2) is 4.99 Å². The van der Waals surface area contributed by atoms with Crippen LogP contribution in [0.25, 0.3) is 0 Å². The predicted octanol–water partition coefficient (Wildman–Crippen LogP) is 4.04. The molecule has 1 atom stereocenters. The molecule has 0 amide bonds. The van der Waals surface area contributed by atoms with Crippen LogP contribution < -0.4 is 15.4 Å². The van der Waals surface area contributed by atoms with E-state index in [9.17, 15) is 0 Å². The first kappa shape index (κ1) is 25.0. The number of nitrogens with one attached hydrogen (secondary N) is 2. The summed E-state index contributed by atoms with van der Waals surface area (Å²) in [5.41, 5.74) is 2.36. The largest absolute Gasteiger partial charge is 0.493 e. The first-order chi connectivity index (χ1) is 13.0. The SMILES string of the molecule is CCNC(=NCc1ccc(C)cc1OCCC(C)C)NCC1CCN(C)C1.I. The maximum atomic E-state index is 6.06. The van der Waals surface area contributed by atoms with Crippen LogP contribution in [0.4, 0.5) is 0 Å². The molecule has 1 aromatic rings. The first-order valence-electron chi connectivity index (χ1n) is 10.4. The third kappa shape index (κ3) is 8.99. The third-order valence-corrected chi connectivity index (χ3v) is 4.97. The van der Waals surface area contributed by atoms with Crippen LogP contribution >= 0.6 is 24.0 Å². The summed E-state index contributed by atoms with van der Waals surface area (Å²) in [5, 5.41) is 6.88. The van der Waals surface area contributed by atoms with Gasteiger partial charge in [-0.3, -0.25) is 0 Å². The zero-order valence-electron chi connectivity index (χ0n) is 18.3. The number of guanidine groups is 1. The molecule has 0 aromatic heterocycles. The van der Waals surface area contributed by atoms with Gasteiger partial charge >= 0.3 is 0 Å². The topological polar surface area (TPSA) is 48.9 Å². The van der Waals surface area contributed by atoms with Crippen LogP contribution in [-0.2, 0) is 6.54 Å². The lowest BCUT2D eigenvalue weighted by molar-refractivity contribution is 0.287. The van der Waals surface area contributed by atoms with Gasteiger partial charge in [-0.2, -0.15) is 0 Å². The number of nitrogens with zero attached hydrogens (tertiary/aromatic N) is 2. The van der Waals surface area contributed by atoms with E-state index in [-0.39, 0.29) is 24.0 Å². The van der Waals surface area contributed by atoms with Crippen molar-refractivity contribution >= 4 is 29.9 Å². The summed E-state index contributed by atoms with van der Waals surface area (Å²) in [5.74, 6) is 3.21. The quantitative estimate of drug-likeness (QED) is 0.304. The Hall–Kier alpha value is -1.02. The maximum absolute atomic E-state index is 6.06. The van der Waals surface area contributed by atoms with E-state index in [2.05, 4.69) is 68.5 Å². The molecule has 160 valence electrons. The normalized spacial score (nSPS) is 17.5. The highest BCUT2D eigenvalue weighted by Gasteiger charge is 2.19. The van der Waals surface area contributed by atoms with Crippen molar-refractivity contribution < 1.29 is 4.74 Å². The summed E-state index contributed by atoms with van der Waals surface area (Å²) in [6.45, 7) is 14.2. The number of benzene rings is 1. The fourth-order valence-electron chi connectivity index (χ4n) is 3.27. The molecule has 0 aliphatic carbocycles. The van der Waals surface area contributed by atoms with Crippen molar-refractivity contribution in [1.29, 1.82) is 0 Å². The van der Waals surface area contributed by atoms with Crippen LogP contribution in [0, 0.1) is 18.8 Å². The Balaban J connectivity index is 0.00000392. The number of aryl methyl sites for hydroxylation is 1. The first-order valence-corrected chi connectivity index (χ1v) is 10.4. The molecule has 2 rings (SSSR count). The van der Waals surface area contributed by atoms with Crippen molar-refractivity contribution in [3.63, 3.8) is 0 Å². The van der Waals surface area contributed by atoms with Gasteiger partial charge in [-0.15, -0.1) is 24.0 Å². The highest BCUT2D eigenvalue weighted by atomic mass is 127. The zero-order valence-corrected chi connectivity index (χ0v) is 20.6. The van der Waals surface area contributed by atoms with E-state index in [1.54, 1.807) is 0 Å². The van der Waals surface area contributed by atoms with Gasteiger partial charge in [-0.1, -0.05) is 26.0 Å². The van der Waals surface area contributed by atoms with Gasteiger partial charge in [0.25, 0.3) is 0 Å². The molecule has 1 unspecified atom stereocenters. The second-order valence-electron chi connectivity index (χ2n) is 8.14. The van der Waals surface area contributed by atoms with Gasteiger partial charge in [-0.05, 0) is 63.7 Å². The van der Waals surface area contributed by atoms with Crippen LogP contribution in [0.3, 0.4) is 0 Å². The Bertz CT molecular complexity index is 606. The molecule has 1 aromatic carbocycles. The van der Waals surface area contributed by atoms with Crippen molar-refractivity contribution in [3.05, 3.63) is 29.3 Å². The van der Waals surface area contributed by atoms with Gasteiger partial charge in [0.1, 0.15) is 5.75 Å². The molecule has 1 heterocycles. The average molecular weight is 502 g/mol. The maximum Gasteiger partial charge on any atom is 0.191 e. The molecule has 0 radical (unpaired) electrons. The summed E-state index contributed by atoms with van der Waals surface area (Å²) in [6, 6.07) is 6.40. The minimum absolute atomic E-state index is 0. The molecule has 2 N–H and O–H groups in total. The second-order valence-corrected chi connectivity index (χ2v) is 8.14. The Kier molecular flexibility index (Phi) is 11.8. The number of aliphatic imine (C=N–C) groups is 1. The van der Waals surface area contributed by atoms with E-state index < -0.39 is 0 Å². The lowest BCUT2D eigenvalue weighted by atomic mass is 10.1. The molecule has 1 saturated heterocycles. The Morgan fingerprint density at radius 1 is 1.32 bits per heavy atom. The summed E-state index contributed by atoms with van der Waals surface area (Å²) in [6.07, 6.45) is 2.32. The fourth-order valence-corrected chi connectivity index (χ4v) is 3.27. The van der Waals surface area contributed by atoms with E-state index in [0.29, 0.717) is 18.4 Å². The van der Waals surface area contributed by atoms with Crippen LogP contribution in [0.5, 0.6) is 5.75 Å². The number of ether oxygens (including phenoxy) is 1. The molecule has 0 spiro atoms. The Labute approximate surface area is 188 Å². The van der Waals surface area contributed by atoms with Crippen LogP contribution in [-0.4, -0.2) is 50.7 Å². The predicted molar refractivity (Wildman–Crippen MR) is 130 cm³/mol. The van der Waals surface area contributed by atoms with Gasteiger partial charge < -0.3 is 20.3 Å². The standard InChI is InChI=1S/C22H38N4O.HI/c1-6-23-22(24-14-19-9-11-26(5)16-19)25-15-20-8-7-18(4)13-21(20)27-12-10-17(2)3;/h7-8,13,17,19H,6,9-12,14-16H2,1-5H3,(H2,23,24,25);1H. The van der Waals surface area contributed by atoms with E-state index in [4.69, 9.17) is 9.73 Å². The third-order valence-electron chi connectivity index (χ3n) is 4.97. The minimum atomic E-state index is 0. The molecular formula is C22H39IN4O. The number of halogens is 1. The zero-order chi connectivity index (χ0) is 19.6. The van der Waals surface area contributed by atoms with Crippen molar-refractivity contribution in [2.75, 3.05) is 39.8 Å². The van der Waals surface area contributed by atoms with Gasteiger partial charge in [0, 0.05) is 25.2 Å². The number of hydrogen-bond donors (Lipinski definition) is 2. The fraction of sp³-hybridized carbons (Fsp3) is 0.682. The van der Waals surface area contributed by atoms with E-state index in [1.165, 1.54) is 18.5 Å². The molecule has 1 aliphatic rings. The highest BCUT2D eigenvalue weighted by Crippen LogP contribution is 2.22. The van der Waals surface area contributed by atoms with Crippen molar-refractivity contribution in [3.8, 4) is 5.75 Å². The van der Waals surface area contributed by atoms with Crippen LogP contribution in [0.2, 0.25) is 0 Å². The summed E-state index contributed by atoms with van der Waals surface area (Å²) in [4.78, 5) is 7.19. The van der Waals surface area contributed by atoms with Crippen molar-refractivity contribution in [1.82, 2.24) is 15.5 Å². The van der Waals surface area contributed by atoms with E-state index >= 15 is 0 Å². The second kappa shape index (κ2) is 13.2. The Morgan fingerprint density at radius 2 is 2.11 bits per heavy atom. The Morgan fingerprint density at radius 3 is 2.75 bits per heavy atom. The van der Waals surface area contributed by atoms with Gasteiger partial charge in [0.05, 0.1) is 13.2 Å². The lowest BCUT2D eigenvalue weighted by Gasteiger charge is -2.16. The molecule has 0 bridgehead atoms. The smallest absolute Gasteiger partial charge is 0.191 e. The summed E-state index contributed by atoms with van der Waals surface area (Å²) in [7, 11) is 2.19. The van der Waals surface area contributed by atoms with E-state index in [1.807, 2.05) is 0 Å². The van der Waals surface area contributed by atoms with Crippen molar-refractivity contribution in [2.45, 2.75) is 47.1 Å². The van der Waals surface area contributed by atoms with Gasteiger partial charge in [0.15, 0.2) is 5.96 Å². The molecule has 1 fully saturated rings. The van der Waals surface area contributed by atoms with Gasteiger partial charge in [0.2, 0.25) is 0 Å². The molecule has 28 heavy (non-hydrogen) atoms. The molecule has 5 nitrogen and oxygen atoms in total. The molecule has 0 saturated carbocycles. The van der Waals surface area contributed by atoms with Crippen molar-refractivity contribution in [2.24, 2.45) is 16.8 Å². The van der Waals surface area contributed by atoms with Crippen LogP contribution in [0.1, 0.15) is 44.7 Å². The van der Waals surface area contributed by atoms with E-state index in [0.717, 1.165) is 49.9 Å². The number of rotatable bonds is 9. The number of likely N-dealkylation sites (tertiary alicyclic amines) is 1. The number of hydrogen-bond acceptors (Lipinski definition) is 3. The summed E-state index contributed by atoms with van der Waals surface area (Å²) < 4.78 is 6.06. The average Bonchev–Trinajstić information content (AvgIpc) is 3.03.